The zero-order chi connectivity index (χ0) is 20.9. The first-order chi connectivity index (χ1) is 13.1. The number of nitrogens with one attached hydrogen (secondary N) is 3. The quantitative estimate of drug-likeness (QED) is 0.469. The molecule has 0 radical (unpaired) electrons. The van der Waals surface area contributed by atoms with Gasteiger partial charge in [0.2, 0.25) is 5.96 Å². The van der Waals surface area contributed by atoms with Crippen molar-refractivity contribution in [3.8, 4) is 22.9 Å². The molecule has 4 N–H and O–H groups in total. The molecular formula is C20H20N4O4. The van der Waals surface area contributed by atoms with Gasteiger partial charge in [0, 0.05) is 5.56 Å². The molecule has 28 heavy (non-hydrogen) atoms. The Kier molecular flexibility index (Phi) is 6.01. The zero-order valence-corrected chi connectivity index (χ0v) is 15.7. The third kappa shape index (κ3) is 5.08. The van der Waals surface area contributed by atoms with Crippen molar-refractivity contribution in [2.75, 3.05) is 0 Å². The number of nitriles is 1. The SMILES string of the molecule is CC(C)(C)OC(=O)NC(=N)NC(=O)c1c(O)ccc(C#N)c1-c1ccccc1. The third-order valence-corrected chi connectivity index (χ3v) is 3.46. The van der Waals surface area contributed by atoms with Gasteiger partial charge in [-0.05, 0) is 38.5 Å². The van der Waals surface area contributed by atoms with Crippen LogP contribution in [0.4, 0.5) is 4.79 Å². The summed E-state index contributed by atoms with van der Waals surface area (Å²) in [5, 5.41) is 31.7. The number of amides is 2. The first-order valence-corrected chi connectivity index (χ1v) is 8.34. The summed E-state index contributed by atoms with van der Waals surface area (Å²) in [5.74, 6) is -1.84. The summed E-state index contributed by atoms with van der Waals surface area (Å²) in [7, 11) is 0. The van der Waals surface area contributed by atoms with Gasteiger partial charge < -0.3 is 9.84 Å². The first kappa shape index (κ1) is 20.5. The maximum absolute atomic E-state index is 12.7. The number of nitrogens with zero attached hydrogens (tertiary/aromatic N) is 1. The molecule has 2 aromatic rings. The van der Waals surface area contributed by atoms with E-state index in [0.29, 0.717) is 5.56 Å². The van der Waals surface area contributed by atoms with Gasteiger partial charge in [-0.1, -0.05) is 30.3 Å². The van der Waals surface area contributed by atoms with Crippen LogP contribution < -0.4 is 10.6 Å². The van der Waals surface area contributed by atoms with Crippen LogP contribution in [-0.4, -0.2) is 28.7 Å². The maximum atomic E-state index is 12.7. The Morgan fingerprint density at radius 1 is 1.11 bits per heavy atom. The molecular weight excluding hydrogens is 360 g/mol. The smallest absolute Gasteiger partial charge is 0.414 e. The lowest BCUT2D eigenvalue weighted by molar-refractivity contribution is 0.0561. The standard InChI is InChI=1S/C20H20N4O4/c1-20(2,3)28-19(27)24-18(22)23-17(26)16-14(25)10-9-13(11-21)15(16)12-7-5-4-6-8-12/h4-10,25H,1-3H3,(H3,22,23,24,26,27). The van der Waals surface area contributed by atoms with Crippen molar-refractivity contribution >= 4 is 18.0 Å². The van der Waals surface area contributed by atoms with Crippen LogP contribution in [0.25, 0.3) is 11.1 Å². The van der Waals surface area contributed by atoms with Crippen LogP contribution >= 0.6 is 0 Å². The number of alkyl carbamates (subject to hydrolysis) is 1. The second kappa shape index (κ2) is 8.22. The van der Waals surface area contributed by atoms with Gasteiger partial charge in [0.05, 0.1) is 17.2 Å². The Hall–Kier alpha value is -3.86. The van der Waals surface area contributed by atoms with E-state index in [4.69, 9.17) is 10.1 Å². The van der Waals surface area contributed by atoms with Crippen molar-refractivity contribution in [3.05, 3.63) is 53.6 Å². The van der Waals surface area contributed by atoms with Gasteiger partial charge in [-0.3, -0.25) is 20.8 Å². The predicted molar refractivity (Wildman–Crippen MR) is 103 cm³/mol. The highest BCUT2D eigenvalue weighted by Gasteiger charge is 2.23. The van der Waals surface area contributed by atoms with Gasteiger partial charge in [0.15, 0.2) is 0 Å². The second-order valence-corrected chi connectivity index (χ2v) is 6.82. The summed E-state index contributed by atoms with van der Waals surface area (Å²) in [5.41, 5.74) is 0.00741. The van der Waals surface area contributed by atoms with Crippen LogP contribution in [0.1, 0.15) is 36.7 Å². The predicted octanol–water partition coefficient (Wildman–Crippen LogP) is 3.12. The van der Waals surface area contributed by atoms with Crippen molar-refractivity contribution in [2.45, 2.75) is 26.4 Å². The summed E-state index contributed by atoms with van der Waals surface area (Å²) < 4.78 is 5.01. The Morgan fingerprint density at radius 2 is 1.75 bits per heavy atom. The number of aromatic hydroxyl groups is 1. The van der Waals surface area contributed by atoms with E-state index in [2.05, 4.69) is 10.6 Å². The fraction of sp³-hybridized carbons (Fsp3) is 0.200. The number of guanidine groups is 1. The van der Waals surface area contributed by atoms with E-state index in [1.165, 1.54) is 12.1 Å². The van der Waals surface area contributed by atoms with E-state index in [9.17, 15) is 20.0 Å². The topological polar surface area (TPSA) is 135 Å². The Labute approximate surface area is 162 Å². The van der Waals surface area contributed by atoms with Crippen LogP contribution in [0.2, 0.25) is 0 Å². The van der Waals surface area contributed by atoms with Crippen LogP contribution in [0.3, 0.4) is 0 Å². The summed E-state index contributed by atoms with van der Waals surface area (Å²) in [6.45, 7) is 4.98. The van der Waals surface area contributed by atoms with Gasteiger partial charge in [-0.15, -0.1) is 0 Å². The number of carbonyl (C=O) groups is 2. The normalized spacial score (nSPS) is 10.5. The molecule has 0 saturated carbocycles. The molecule has 0 atom stereocenters. The number of phenols is 1. The molecule has 0 heterocycles. The molecule has 0 aromatic heterocycles. The van der Waals surface area contributed by atoms with E-state index in [1.807, 2.05) is 6.07 Å². The molecule has 0 spiro atoms. The van der Waals surface area contributed by atoms with Crippen molar-refractivity contribution < 1.29 is 19.4 Å². The van der Waals surface area contributed by atoms with Crippen LogP contribution in [0.15, 0.2) is 42.5 Å². The molecule has 0 saturated heterocycles. The van der Waals surface area contributed by atoms with Crippen molar-refractivity contribution in [1.29, 1.82) is 10.7 Å². The molecule has 0 fully saturated rings. The molecule has 2 amide bonds. The lowest BCUT2D eigenvalue weighted by atomic mass is 9.93. The number of phenolic OH excluding ortho intramolecular Hbond substituents is 1. The summed E-state index contributed by atoms with van der Waals surface area (Å²) in [6.07, 6.45) is -0.906. The van der Waals surface area contributed by atoms with E-state index in [1.54, 1.807) is 51.1 Å². The molecule has 144 valence electrons. The molecule has 2 rings (SSSR count). The van der Waals surface area contributed by atoms with E-state index < -0.39 is 23.6 Å². The first-order valence-electron chi connectivity index (χ1n) is 8.34. The number of carbonyl (C=O) groups excluding carboxylic acids is 2. The van der Waals surface area contributed by atoms with Crippen molar-refractivity contribution in [2.24, 2.45) is 0 Å². The molecule has 8 heteroatoms. The van der Waals surface area contributed by atoms with Gasteiger partial charge in [-0.2, -0.15) is 5.26 Å². The maximum Gasteiger partial charge on any atom is 0.414 e. The highest BCUT2D eigenvalue weighted by molar-refractivity contribution is 6.12. The zero-order valence-electron chi connectivity index (χ0n) is 15.7. The highest BCUT2D eigenvalue weighted by atomic mass is 16.6. The monoisotopic (exact) mass is 380 g/mol. The van der Waals surface area contributed by atoms with Gasteiger partial charge in [0.25, 0.3) is 5.91 Å². The van der Waals surface area contributed by atoms with Crippen LogP contribution in [0.5, 0.6) is 5.75 Å². The lowest BCUT2D eigenvalue weighted by Gasteiger charge is -2.20. The van der Waals surface area contributed by atoms with E-state index >= 15 is 0 Å². The molecule has 8 nitrogen and oxygen atoms in total. The number of hydrogen-bond donors (Lipinski definition) is 4. The molecule has 0 bridgehead atoms. The Bertz CT molecular complexity index is 957. The number of ether oxygens (including phenoxy) is 1. The minimum atomic E-state index is -0.906. The highest BCUT2D eigenvalue weighted by Crippen LogP contribution is 2.33. The Morgan fingerprint density at radius 3 is 2.32 bits per heavy atom. The van der Waals surface area contributed by atoms with E-state index in [-0.39, 0.29) is 22.4 Å². The molecule has 0 aliphatic rings. The molecule has 0 aliphatic heterocycles. The fourth-order valence-electron chi connectivity index (χ4n) is 2.43. The fourth-order valence-corrected chi connectivity index (χ4v) is 2.43. The average molecular weight is 380 g/mol. The van der Waals surface area contributed by atoms with Gasteiger partial charge in [-0.25, -0.2) is 4.79 Å². The van der Waals surface area contributed by atoms with Crippen LogP contribution in [-0.2, 0) is 4.74 Å². The van der Waals surface area contributed by atoms with Crippen LogP contribution in [0, 0.1) is 16.7 Å². The van der Waals surface area contributed by atoms with Crippen molar-refractivity contribution in [3.63, 3.8) is 0 Å². The lowest BCUT2D eigenvalue weighted by Crippen LogP contribution is -2.45. The number of benzene rings is 2. The van der Waals surface area contributed by atoms with E-state index in [0.717, 1.165) is 0 Å². The van der Waals surface area contributed by atoms with Crippen molar-refractivity contribution in [1.82, 2.24) is 10.6 Å². The number of hydrogen-bond acceptors (Lipinski definition) is 6. The second-order valence-electron chi connectivity index (χ2n) is 6.82. The molecule has 0 unspecified atom stereocenters. The third-order valence-electron chi connectivity index (χ3n) is 3.46. The average Bonchev–Trinajstić information content (AvgIpc) is 2.60. The molecule has 2 aromatic carbocycles. The summed E-state index contributed by atoms with van der Waals surface area (Å²) >= 11 is 0. The van der Waals surface area contributed by atoms with Gasteiger partial charge in [0.1, 0.15) is 11.4 Å². The Balaban J connectivity index is 2.32. The molecule has 0 aliphatic carbocycles. The minimum Gasteiger partial charge on any atom is -0.507 e. The summed E-state index contributed by atoms with van der Waals surface area (Å²) in [6, 6.07) is 13.2. The van der Waals surface area contributed by atoms with Gasteiger partial charge >= 0.3 is 6.09 Å². The minimum absolute atomic E-state index is 0.180. The number of rotatable bonds is 2. The summed E-state index contributed by atoms with van der Waals surface area (Å²) in [4.78, 5) is 24.4. The largest absolute Gasteiger partial charge is 0.507 e.